The SMILES string of the molecule is COCc1cc(=O)[nH]c2cc(NC(=O)COc3ccccc3C)ccc12. The van der Waals surface area contributed by atoms with Crippen molar-refractivity contribution in [2.75, 3.05) is 19.0 Å². The Hall–Kier alpha value is -3.12. The quantitative estimate of drug-likeness (QED) is 0.715. The summed E-state index contributed by atoms with van der Waals surface area (Å²) in [6.45, 7) is 2.17. The second-order valence-corrected chi connectivity index (χ2v) is 5.95. The highest BCUT2D eigenvalue weighted by Gasteiger charge is 2.08. The fourth-order valence-electron chi connectivity index (χ4n) is 2.74. The van der Waals surface area contributed by atoms with Gasteiger partial charge in [0.15, 0.2) is 6.61 Å². The molecule has 3 rings (SSSR count). The van der Waals surface area contributed by atoms with E-state index in [1.165, 1.54) is 6.07 Å². The van der Waals surface area contributed by atoms with Crippen LogP contribution in [0.15, 0.2) is 53.3 Å². The zero-order valence-electron chi connectivity index (χ0n) is 14.7. The lowest BCUT2D eigenvalue weighted by atomic mass is 10.1. The first-order chi connectivity index (χ1) is 12.6. The molecule has 0 aliphatic heterocycles. The highest BCUT2D eigenvalue weighted by atomic mass is 16.5. The molecule has 134 valence electrons. The Morgan fingerprint density at radius 3 is 2.73 bits per heavy atom. The molecule has 0 radical (unpaired) electrons. The number of hydrogen-bond acceptors (Lipinski definition) is 4. The average molecular weight is 352 g/mol. The number of carbonyl (C=O) groups excluding carboxylic acids is 1. The van der Waals surface area contributed by atoms with E-state index in [-0.39, 0.29) is 18.1 Å². The zero-order valence-corrected chi connectivity index (χ0v) is 14.7. The Kier molecular flexibility index (Phi) is 5.34. The van der Waals surface area contributed by atoms with Crippen LogP contribution in [0.3, 0.4) is 0 Å². The number of ether oxygens (including phenoxy) is 2. The van der Waals surface area contributed by atoms with Gasteiger partial charge in [0, 0.05) is 24.2 Å². The number of rotatable bonds is 6. The van der Waals surface area contributed by atoms with Crippen molar-refractivity contribution >= 4 is 22.5 Å². The van der Waals surface area contributed by atoms with E-state index in [1.807, 2.05) is 37.3 Å². The van der Waals surface area contributed by atoms with Gasteiger partial charge in [-0.2, -0.15) is 0 Å². The minimum absolute atomic E-state index is 0.0941. The van der Waals surface area contributed by atoms with E-state index in [0.29, 0.717) is 23.6 Å². The predicted molar refractivity (Wildman–Crippen MR) is 101 cm³/mol. The van der Waals surface area contributed by atoms with Gasteiger partial charge >= 0.3 is 0 Å². The van der Waals surface area contributed by atoms with Crippen LogP contribution in [-0.2, 0) is 16.1 Å². The molecule has 1 amide bonds. The second-order valence-electron chi connectivity index (χ2n) is 5.95. The number of nitrogens with one attached hydrogen (secondary N) is 2. The summed E-state index contributed by atoms with van der Waals surface area (Å²) in [4.78, 5) is 26.7. The number of aromatic amines is 1. The number of para-hydroxylation sites is 1. The Balaban J connectivity index is 1.73. The molecule has 0 atom stereocenters. The monoisotopic (exact) mass is 352 g/mol. The van der Waals surface area contributed by atoms with Crippen LogP contribution >= 0.6 is 0 Å². The number of aromatic nitrogens is 1. The summed E-state index contributed by atoms with van der Waals surface area (Å²) in [5.74, 6) is 0.401. The van der Waals surface area contributed by atoms with Crippen molar-refractivity contribution in [3.63, 3.8) is 0 Å². The van der Waals surface area contributed by atoms with Crippen molar-refractivity contribution in [1.82, 2.24) is 4.98 Å². The van der Waals surface area contributed by atoms with E-state index in [1.54, 1.807) is 19.2 Å². The number of benzene rings is 2. The summed E-state index contributed by atoms with van der Waals surface area (Å²) in [5.41, 5.74) is 2.78. The Morgan fingerprint density at radius 1 is 1.15 bits per heavy atom. The van der Waals surface area contributed by atoms with Crippen LogP contribution in [-0.4, -0.2) is 24.6 Å². The molecule has 2 N–H and O–H groups in total. The van der Waals surface area contributed by atoms with Crippen LogP contribution in [0.4, 0.5) is 5.69 Å². The Morgan fingerprint density at radius 2 is 1.96 bits per heavy atom. The highest BCUT2D eigenvalue weighted by molar-refractivity contribution is 5.94. The van der Waals surface area contributed by atoms with Crippen LogP contribution in [0, 0.1) is 6.92 Å². The maximum absolute atomic E-state index is 12.1. The topological polar surface area (TPSA) is 80.4 Å². The number of methoxy groups -OCH3 is 1. The highest BCUT2D eigenvalue weighted by Crippen LogP contribution is 2.20. The van der Waals surface area contributed by atoms with Crippen molar-refractivity contribution in [3.8, 4) is 5.75 Å². The number of anilines is 1. The van der Waals surface area contributed by atoms with E-state index in [9.17, 15) is 9.59 Å². The molecule has 6 nitrogen and oxygen atoms in total. The van der Waals surface area contributed by atoms with Crippen LogP contribution in [0.25, 0.3) is 10.9 Å². The summed E-state index contributed by atoms with van der Waals surface area (Å²) in [7, 11) is 1.58. The van der Waals surface area contributed by atoms with E-state index in [4.69, 9.17) is 9.47 Å². The maximum atomic E-state index is 12.1. The van der Waals surface area contributed by atoms with Crippen LogP contribution in [0.2, 0.25) is 0 Å². The molecule has 0 aliphatic carbocycles. The molecule has 1 aromatic heterocycles. The zero-order chi connectivity index (χ0) is 18.5. The predicted octanol–water partition coefficient (Wildman–Crippen LogP) is 3.00. The Labute approximate surface area is 150 Å². The van der Waals surface area contributed by atoms with E-state index in [2.05, 4.69) is 10.3 Å². The fourth-order valence-corrected chi connectivity index (χ4v) is 2.74. The molecule has 0 fully saturated rings. The van der Waals surface area contributed by atoms with Gasteiger partial charge in [0.05, 0.1) is 12.1 Å². The molecule has 0 saturated carbocycles. The number of carbonyl (C=O) groups is 1. The first-order valence-corrected chi connectivity index (χ1v) is 8.20. The minimum Gasteiger partial charge on any atom is -0.483 e. The molecule has 2 aromatic carbocycles. The number of hydrogen-bond donors (Lipinski definition) is 2. The van der Waals surface area contributed by atoms with Crippen molar-refractivity contribution < 1.29 is 14.3 Å². The number of aryl methyl sites for hydroxylation is 1. The molecule has 0 unspecified atom stereocenters. The van der Waals surface area contributed by atoms with Gasteiger partial charge < -0.3 is 19.8 Å². The fraction of sp³-hybridized carbons (Fsp3) is 0.200. The third-order valence-electron chi connectivity index (χ3n) is 3.96. The number of pyridine rings is 1. The van der Waals surface area contributed by atoms with Gasteiger partial charge in [-0.25, -0.2) is 0 Å². The van der Waals surface area contributed by atoms with E-state index in [0.717, 1.165) is 16.5 Å². The van der Waals surface area contributed by atoms with Crippen molar-refractivity contribution in [1.29, 1.82) is 0 Å². The Bertz CT molecular complexity index is 995. The lowest BCUT2D eigenvalue weighted by molar-refractivity contribution is -0.118. The van der Waals surface area contributed by atoms with Gasteiger partial charge in [0.1, 0.15) is 5.75 Å². The van der Waals surface area contributed by atoms with Crippen molar-refractivity contribution in [2.24, 2.45) is 0 Å². The average Bonchev–Trinajstić information content (AvgIpc) is 2.61. The van der Waals surface area contributed by atoms with Gasteiger partial charge in [-0.1, -0.05) is 24.3 Å². The number of amides is 1. The number of H-pyrrole nitrogens is 1. The van der Waals surface area contributed by atoms with Crippen molar-refractivity contribution in [2.45, 2.75) is 13.5 Å². The molecular weight excluding hydrogens is 332 g/mol. The van der Waals surface area contributed by atoms with Gasteiger partial charge in [0.25, 0.3) is 5.91 Å². The first-order valence-electron chi connectivity index (χ1n) is 8.20. The number of fused-ring (bicyclic) bond motifs is 1. The molecule has 0 aliphatic rings. The lowest BCUT2D eigenvalue weighted by Crippen LogP contribution is -2.20. The third-order valence-corrected chi connectivity index (χ3v) is 3.96. The summed E-state index contributed by atoms with van der Waals surface area (Å²) < 4.78 is 10.7. The van der Waals surface area contributed by atoms with E-state index < -0.39 is 0 Å². The van der Waals surface area contributed by atoms with Crippen molar-refractivity contribution in [3.05, 3.63) is 70.0 Å². The van der Waals surface area contributed by atoms with E-state index >= 15 is 0 Å². The smallest absolute Gasteiger partial charge is 0.262 e. The summed E-state index contributed by atoms with van der Waals surface area (Å²) >= 11 is 0. The standard InChI is InChI=1S/C20H20N2O4/c1-13-5-3-4-6-18(13)26-12-20(24)21-15-7-8-16-14(11-25-2)9-19(23)22-17(16)10-15/h3-10H,11-12H2,1-2H3,(H,21,24)(H,22,23). The summed E-state index contributed by atoms with van der Waals surface area (Å²) in [5, 5.41) is 3.65. The largest absolute Gasteiger partial charge is 0.483 e. The van der Waals surface area contributed by atoms with Gasteiger partial charge in [0.2, 0.25) is 5.56 Å². The molecule has 0 bridgehead atoms. The molecule has 6 heteroatoms. The molecule has 1 heterocycles. The van der Waals surface area contributed by atoms with Gasteiger partial charge in [-0.3, -0.25) is 9.59 Å². The van der Waals surface area contributed by atoms with Crippen LogP contribution < -0.4 is 15.6 Å². The second kappa shape index (κ2) is 7.84. The summed E-state index contributed by atoms with van der Waals surface area (Å²) in [6.07, 6.45) is 0. The molecule has 3 aromatic rings. The molecular formula is C20H20N2O4. The van der Waals surface area contributed by atoms with Gasteiger partial charge in [-0.05, 0) is 36.2 Å². The summed E-state index contributed by atoms with van der Waals surface area (Å²) in [6, 6.07) is 14.4. The van der Waals surface area contributed by atoms with Gasteiger partial charge in [-0.15, -0.1) is 0 Å². The lowest BCUT2D eigenvalue weighted by Gasteiger charge is -2.11. The minimum atomic E-state index is -0.275. The maximum Gasteiger partial charge on any atom is 0.262 e. The van der Waals surface area contributed by atoms with Crippen LogP contribution in [0.5, 0.6) is 5.75 Å². The molecule has 26 heavy (non-hydrogen) atoms. The van der Waals surface area contributed by atoms with Crippen LogP contribution in [0.1, 0.15) is 11.1 Å². The molecule has 0 saturated heterocycles. The third kappa shape index (κ3) is 4.10. The first kappa shape index (κ1) is 17.7. The molecule has 0 spiro atoms. The normalized spacial score (nSPS) is 10.7.